The van der Waals surface area contributed by atoms with Gasteiger partial charge in [0.15, 0.2) is 5.13 Å². The van der Waals surface area contributed by atoms with Gasteiger partial charge in [-0.2, -0.15) is 0 Å². The second kappa shape index (κ2) is 9.36. The van der Waals surface area contributed by atoms with Crippen molar-refractivity contribution < 1.29 is 19.1 Å². The molecule has 0 aliphatic carbocycles. The number of carbonyl (C=O) groups is 2. The predicted octanol–water partition coefficient (Wildman–Crippen LogP) is 4.23. The Labute approximate surface area is 187 Å². The van der Waals surface area contributed by atoms with Crippen LogP contribution in [0.5, 0.6) is 0 Å². The highest BCUT2D eigenvalue weighted by atomic mass is 32.1. The van der Waals surface area contributed by atoms with Crippen molar-refractivity contribution >= 4 is 28.5 Å². The second-order valence-corrected chi connectivity index (χ2v) is 9.54. The highest BCUT2D eigenvalue weighted by molar-refractivity contribution is 7.13. The van der Waals surface area contributed by atoms with Gasteiger partial charge < -0.3 is 9.47 Å². The number of hydrogen-bond acceptors (Lipinski definition) is 6. The van der Waals surface area contributed by atoms with Crippen molar-refractivity contribution in [2.24, 2.45) is 0 Å². The third-order valence-electron chi connectivity index (χ3n) is 5.88. The number of carbonyl (C=O) groups excluding carboxylic acids is 2. The molecule has 4 rings (SSSR count). The normalized spacial score (nSPS) is 22.8. The first kappa shape index (κ1) is 21.8. The summed E-state index contributed by atoms with van der Waals surface area (Å²) in [6.45, 7) is 5.41. The molecule has 2 fully saturated rings. The number of likely N-dealkylation sites (tertiary alicyclic amines) is 1. The van der Waals surface area contributed by atoms with Crippen molar-refractivity contribution in [1.29, 1.82) is 0 Å². The number of benzene rings is 1. The lowest BCUT2D eigenvalue weighted by atomic mass is 9.92. The SMILES string of the molecule is CC1(C)CC(N(C(=O)C2CCCN2C(=O)OCc2ccccc2)c2nccs2)CCO1. The fraction of sp³-hybridized carbons (Fsp3) is 0.522. The van der Waals surface area contributed by atoms with Crippen molar-refractivity contribution in [3.8, 4) is 0 Å². The highest BCUT2D eigenvalue weighted by Gasteiger charge is 2.43. The molecule has 3 heterocycles. The van der Waals surface area contributed by atoms with E-state index in [4.69, 9.17) is 9.47 Å². The predicted molar refractivity (Wildman–Crippen MR) is 119 cm³/mol. The minimum Gasteiger partial charge on any atom is -0.445 e. The van der Waals surface area contributed by atoms with E-state index in [1.807, 2.05) is 54.5 Å². The molecular weight excluding hydrogens is 414 g/mol. The van der Waals surface area contributed by atoms with Crippen LogP contribution in [0.1, 0.15) is 45.1 Å². The molecule has 7 nitrogen and oxygen atoms in total. The standard InChI is InChI=1S/C23H29N3O4S/c1-23(2)15-18(10-13-30-23)26(21-24-11-14-31-21)20(27)19-9-6-12-25(19)22(28)29-16-17-7-4-3-5-8-17/h3-5,7-8,11,14,18-19H,6,9-10,12-13,15-16H2,1-2H3. The van der Waals surface area contributed by atoms with Crippen LogP contribution in [-0.2, 0) is 20.9 Å². The van der Waals surface area contributed by atoms with Gasteiger partial charge in [0.1, 0.15) is 12.6 Å². The average molecular weight is 444 g/mol. The van der Waals surface area contributed by atoms with E-state index in [-0.39, 0.29) is 24.2 Å². The molecule has 0 saturated carbocycles. The third-order valence-corrected chi connectivity index (χ3v) is 6.65. The van der Waals surface area contributed by atoms with E-state index in [2.05, 4.69) is 4.98 Å². The Morgan fingerprint density at radius 3 is 2.81 bits per heavy atom. The number of aromatic nitrogens is 1. The fourth-order valence-electron chi connectivity index (χ4n) is 4.39. The van der Waals surface area contributed by atoms with Crippen LogP contribution in [0.3, 0.4) is 0 Å². The lowest BCUT2D eigenvalue weighted by Crippen LogP contribution is -2.54. The number of rotatable bonds is 5. The van der Waals surface area contributed by atoms with Gasteiger partial charge in [0.2, 0.25) is 0 Å². The van der Waals surface area contributed by atoms with Gasteiger partial charge in [-0.1, -0.05) is 30.3 Å². The van der Waals surface area contributed by atoms with E-state index < -0.39 is 12.1 Å². The van der Waals surface area contributed by atoms with Crippen molar-refractivity contribution in [3.05, 3.63) is 47.5 Å². The smallest absolute Gasteiger partial charge is 0.410 e. The fourth-order valence-corrected chi connectivity index (χ4v) is 5.11. The molecule has 2 saturated heterocycles. The molecule has 1 aromatic heterocycles. The minimum absolute atomic E-state index is 0.00908. The van der Waals surface area contributed by atoms with Crippen LogP contribution in [0.15, 0.2) is 41.9 Å². The quantitative estimate of drug-likeness (QED) is 0.691. The first-order chi connectivity index (χ1) is 14.9. The Morgan fingerprint density at radius 1 is 1.29 bits per heavy atom. The number of thiazole rings is 1. The summed E-state index contributed by atoms with van der Waals surface area (Å²) in [6, 6.07) is 9.03. The van der Waals surface area contributed by atoms with Gasteiger partial charge in [0.25, 0.3) is 5.91 Å². The van der Waals surface area contributed by atoms with Gasteiger partial charge in [0, 0.05) is 30.8 Å². The molecular formula is C23H29N3O4S. The Bertz CT molecular complexity index is 887. The number of ether oxygens (including phenoxy) is 2. The van der Waals surface area contributed by atoms with Crippen LogP contribution < -0.4 is 4.90 Å². The monoisotopic (exact) mass is 443 g/mol. The molecule has 2 aliphatic heterocycles. The largest absolute Gasteiger partial charge is 0.445 e. The summed E-state index contributed by atoms with van der Waals surface area (Å²) in [7, 11) is 0. The van der Waals surface area contributed by atoms with E-state index in [0.29, 0.717) is 24.7 Å². The molecule has 0 radical (unpaired) electrons. The molecule has 0 bridgehead atoms. The second-order valence-electron chi connectivity index (χ2n) is 8.67. The molecule has 166 valence electrons. The van der Waals surface area contributed by atoms with Crippen LogP contribution in [0.25, 0.3) is 0 Å². The van der Waals surface area contributed by atoms with Crippen LogP contribution >= 0.6 is 11.3 Å². The Balaban J connectivity index is 1.49. The van der Waals surface area contributed by atoms with Gasteiger partial charge >= 0.3 is 6.09 Å². The molecule has 1 aromatic carbocycles. The van der Waals surface area contributed by atoms with E-state index in [1.165, 1.54) is 11.3 Å². The van der Waals surface area contributed by atoms with Crippen molar-refractivity contribution in [2.75, 3.05) is 18.1 Å². The topological polar surface area (TPSA) is 72.0 Å². The van der Waals surface area contributed by atoms with E-state index in [9.17, 15) is 9.59 Å². The van der Waals surface area contributed by atoms with Crippen LogP contribution in [0.2, 0.25) is 0 Å². The van der Waals surface area contributed by atoms with Gasteiger partial charge in [-0.25, -0.2) is 9.78 Å². The van der Waals surface area contributed by atoms with E-state index in [1.54, 1.807) is 11.1 Å². The van der Waals surface area contributed by atoms with E-state index >= 15 is 0 Å². The van der Waals surface area contributed by atoms with Crippen molar-refractivity contribution in [3.63, 3.8) is 0 Å². The first-order valence-corrected chi connectivity index (χ1v) is 11.7. The molecule has 2 atom stereocenters. The molecule has 8 heteroatoms. The molecule has 2 amide bonds. The molecule has 0 spiro atoms. The summed E-state index contributed by atoms with van der Waals surface area (Å²) < 4.78 is 11.4. The summed E-state index contributed by atoms with van der Waals surface area (Å²) in [5, 5.41) is 2.55. The lowest BCUT2D eigenvalue weighted by Gasteiger charge is -2.41. The minimum atomic E-state index is -0.530. The summed E-state index contributed by atoms with van der Waals surface area (Å²) in [4.78, 5) is 34.4. The first-order valence-electron chi connectivity index (χ1n) is 10.8. The average Bonchev–Trinajstić information content (AvgIpc) is 3.44. The van der Waals surface area contributed by atoms with Crippen molar-refractivity contribution in [1.82, 2.24) is 9.88 Å². The van der Waals surface area contributed by atoms with Gasteiger partial charge in [0.05, 0.1) is 5.60 Å². The maximum atomic E-state index is 13.7. The zero-order chi connectivity index (χ0) is 21.8. The van der Waals surface area contributed by atoms with E-state index in [0.717, 1.165) is 24.8 Å². The van der Waals surface area contributed by atoms with Gasteiger partial charge in [-0.3, -0.25) is 14.6 Å². The third kappa shape index (κ3) is 5.07. The summed E-state index contributed by atoms with van der Waals surface area (Å²) in [5.74, 6) is -0.0770. The molecule has 2 aromatic rings. The lowest BCUT2D eigenvalue weighted by molar-refractivity contribution is -0.124. The Kier molecular flexibility index (Phi) is 6.57. The molecule has 2 aliphatic rings. The number of nitrogens with zero attached hydrogens (tertiary/aromatic N) is 3. The van der Waals surface area contributed by atoms with Crippen LogP contribution in [0, 0.1) is 0 Å². The molecule has 31 heavy (non-hydrogen) atoms. The zero-order valence-electron chi connectivity index (χ0n) is 18.0. The van der Waals surface area contributed by atoms with Gasteiger partial charge in [-0.15, -0.1) is 11.3 Å². The zero-order valence-corrected chi connectivity index (χ0v) is 18.8. The highest BCUT2D eigenvalue weighted by Crippen LogP contribution is 2.33. The van der Waals surface area contributed by atoms with Crippen LogP contribution in [0.4, 0.5) is 9.93 Å². The summed E-state index contributed by atoms with van der Waals surface area (Å²) in [5.41, 5.74) is 0.620. The van der Waals surface area contributed by atoms with Crippen molar-refractivity contribution in [2.45, 2.75) is 63.8 Å². The number of hydrogen-bond donors (Lipinski definition) is 0. The molecule has 0 N–H and O–H groups in total. The Morgan fingerprint density at radius 2 is 2.10 bits per heavy atom. The number of amides is 2. The van der Waals surface area contributed by atoms with Crippen LogP contribution in [-0.4, -0.2) is 52.7 Å². The Hall–Kier alpha value is -2.45. The van der Waals surface area contributed by atoms with Gasteiger partial charge in [-0.05, 0) is 45.1 Å². The maximum absolute atomic E-state index is 13.7. The molecule has 2 unspecified atom stereocenters. The number of anilines is 1. The maximum Gasteiger partial charge on any atom is 0.410 e. The summed E-state index contributed by atoms with van der Waals surface area (Å²) >= 11 is 1.45. The summed E-state index contributed by atoms with van der Waals surface area (Å²) in [6.07, 6.45) is 4.16.